The second-order valence-electron chi connectivity index (χ2n) is 6.70. The van der Waals surface area contributed by atoms with E-state index in [1.54, 1.807) is 24.0 Å². The fourth-order valence-corrected chi connectivity index (χ4v) is 3.84. The Kier molecular flexibility index (Phi) is 7.65. The van der Waals surface area contributed by atoms with E-state index >= 15 is 0 Å². The molecule has 11 heteroatoms. The molecule has 1 aliphatic rings. The number of nitrogens with one attached hydrogen (secondary N) is 3. The molecule has 1 aromatic carbocycles. The number of carbonyl (C=O) groups is 1. The molecule has 0 saturated carbocycles. The van der Waals surface area contributed by atoms with Crippen molar-refractivity contribution in [3.63, 3.8) is 0 Å². The van der Waals surface area contributed by atoms with Gasteiger partial charge in [-0.25, -0.2) is 9.78 Å². The summed E-state index contributed by atoms with van der Waals surface area (Å²) in [7, 11) is 0. The zero-order chi connectivity index (χ0) is 19.8. The molecule has 1 saturated heterocycles. The second kappa shape index (κ2) is 9.61. The third kappa shape index (κ3) is 4.37. The van der Waals surface area contributed by atoms with Crippen molar-refractivity contribution in [2.75, 3.05) is 19.6 Å². The van der Waals surface area contributed by atoms with E-state index in [0.29, 0.717) is 30.2 Å². The van der Waals surface area contributed by atoms with Crippen molar-refractivity contribution in [1.82, 2.24) is 25.2 Å². The van der Waals surface area contributed by atoms with Gasteiger partial charge in [0.05, 0.1) is 11.4 Å². The number of fused-ring (bicyclic) bond motifs is 1. The molecule has 1 unspecified atom stereocenters. The maximum atomic E-state index is 13.3. The van der Waals surface area contributed by atoms with Crippen molar-refractivity contribution in [1.29, 1.82) is 0 Å². The fourth-order valence-electron chi connectivity index (χ4n) is 3.58. The lowest BCUT2D eigenvalue weighted by Crippen LogP contribution is -2.49. The minimum atomic E-state index is -0.662. The minimum absolute atomic E-state index is 0. The third-order valence-corrected chi connectivity index (χ3v) is 5.23. The second-order valence-corrected chi connectivity index (χ2v) is 7.10. The Hall–Kier alpha value is -2.39. The van der Waals surface area contributed by atoms with Gasteiger partial charge in [0.2, 0.25) is 0 Å². The van der Waals surface area contributed by atoms with Crippen LogP contribution in [0.3, 0.4) is 0 Å². The molecule has 4 rings (SSSR count). The van der Waals surface area contributed by atoms with Gasteiger partial charge in [0.15, 0.2) is 0 Å². The number of rotatable bonds is 2. The van der Waals surface area contributed by atoms with E-state index in [9.17, 15) is 14.4 Å². The van der Waals surface area contributed by atoms with Gasteiger partial charge in [-0.15, -0.1) is 24.8 Å². The summed E-state index contributed by atoms with van der Waals surface area (Å²) < 4.78 is 0. The summed E-state index contributed by atoms with van der Waals surface area (Å²) in [5, 5.41) is 4.14. The minimum Gasteiger partial charge on any atom is -0.328 e. The van der Waals surface area contributed by atoms with Crippen LogP contribution in [0, 0.1) is 6.92 Å². The van der Waals surface area contributed by atoms with Gasteiger partial charge in [-0.05, 0) is 30.2 Å². The number of hydrogen-bond acceptors (Lipinski definition) is 5. The highest BCUT2D eigenvalue weighted by molar-refractivity contribution is 6.31. The molecule has 0 spiro atoms. The van der Waals surface area contributed by atoms with Gasteiger partial charge >= 0.3 is 5.69 Å². The monoisotopic (exact) mass is 471 g/mol. The van der Waals surface area contributed by atoms with Crippen molar-refractivity contribution in [2.24, 2.45) is 0 Å². The first-order valence-electron chi connectivity index (χ1n) is 8.86. The molecule has 3 N–H and O–H groups in total. The molecule has 160 valence electrons. The first kappa shape index (κ1) is 23.9. The van der Waals surface area contributed by atoms with Crippen LogP contribution in [-0.4, -0.2) is 45.4 Å². The SMILES string of the molecule is Cc1cc(C(=O)N2CCNCC2c2ccccc2Cl)nc2[nH]c(=O)[nH]c(=O)c12.Cl.Cl. The average Bonchev–Trinajstić information content (AvgIpc) is 2.67. The number of aromatic nitrogens is 3. The normalized spacial score (nSPS) is 15.9. The van der Waals surface area contributed by atoms with Crippen LogP contribution in [0.25, 0.3) is 11.0 Å². The highest BCUT2D eigenvalue weighted by Crippen LogP contribution is 2.29. The highest BCUT2D eigenvalue weighted by Gasteiger charge is 2.31. The molecule has 2 aromatic heterocycles. The van der Waals surface area contributed by atoms with Gasteiger partial charge in [0.25, 0.3) is 11.5 Å². The molecule has 8 nitrogen and oxygen atoms in total. The van der Waals surface area contributed by atoms with Crippen LogP contribution in [0.4, 0.5) is 0 Å². The number of H-pyrrole nitrogens is 2. The van der Waals surface area contributed by atoms with Crippen molar-refractivity contribution in [2.45, 2.75) is 13.0 Å². The van der Waals surface area contributed by atoms with E-state index in [0.717, 1.165) is 5.56 Å². The molecule has 30 heavy (non-hydrogen) atoms. The fraction of sp³-hybridized carbons (Fsp3) is 0.263. The summed E-state index contributed by atoms with van der Waals surface area (Å²) in [5.41, 5.74) is 0.498. The Morgan fingerprint density at radius 2 is 1.93 bits per heavy atom. The molecule has 1 amide bonds. The molecule has 0 bridgehead atoms. The number of aryl methyl sites for hydroxylation is 1. The van der Waals surface area contributed by atoms with Crippen LogP contribution in [0.15, 0.2) is 39.9 Å². The lowest BCUT2D eigenvalue weighted by Gasteiger charge is -2.36. The maximum Gasteiger partial charge on any atom is 0.327 e. The maximum absolute atomic E-state index is 13.3. The van der Waals surface area contributed by atoms with Crippen molar-refractivity contribution < 1.29 is 4.79 Å². The standard InChI is InChI=1S/C19H18ClN5O3.2ClH/c1-10-8-13(22-16-15(10)17(26)24-19(28)23-16)18(27)25-7-6-21-9-14(25)11-4-2-3-5-12(11)20;;/h2-5,8,14,21H,6-7,9H2,1H3,(H2,22,23,24,26,28);2*1H. The lowest BCUT2D eigenvalue weighted by atomic mass is 10.0. The van der Waals surface area contributed by atoms with Crippen molar-refractivity contribution in [3.8, 4) is 0 Å². The number of nitrogens with zero attached hydrogens (tertiary/aromatic N) is 2. The number of piperazine rings is 1. The molecule has 3 heterocycles. The number of benzene rings is 1. The largest absolute Gasteiger partial charge is 0.328 e. The summed E-state index contributed by atoms with van der Waals surface area (Å²) in [5.74, 6) is -0.280. The van der Waals surface area contributed by atoms with Gasteiger partial charge in [-0.2, -0.15) is 0 Å². The number of pyridine rings is 1. The predicted molar refractivity (Wildman–Crippen MR) is 120 cm³/mol. The number of hydrogen-bond donors (Lipinski definition) is 3. The van der Waals surface area contributed by atoms with Crippen LogP contribution >= 0.6 is 36.4 Å². The third-order valence-electron chi connectivity index (χ3n) is 4.89. The van der Waals surface area contributed by atoms with Crippen LogP contribution in [0.1, 0.15) is 27.7 Å². The van der Waals surface area contributed by atoms with Gasteiger partial charge < -0.3 is 10.2 Å². The Morgan fingerprint density at radius 1 is 1.20 bits per heavy atom. The molecular formula is C19H20Cl3N5O3. The lowest BCUT2D eigenvalue weighted by molar-refractivity contribution is 0.0628. The van der Waals surface area contributed by atoms with E-state index in [2.05, 4.69) is 20.3 Å². The molecule has 0 radical (unpaired) electrons. The molecule has 1 atom stereocenters. The summed E-state index contributed by atoms with van der Waals surface area (Å²) in [6.07, 6.45) is 0. The zero-order valence-electron chi connectivity index (χ0n) is 15.9. The topological polar surface area (TPSA) is 111 Å². The number of halogens is 3. The first-order valence-corrected chi connectivity index (χ1v) is 9.23. The van der Waals surface area contributed by atoms with Gasteiger partial charge in [0, 0.05) is 24.7 Å². The number of aromatic amines is 2. The van der Waals surface area contributed by atoms with Crippen molar-refractivity contribution >= 4 is 53.4 Å². The molecule has 3 aromatic rings. The highest BCUT2D eigenvalue weighted by atomic mass is 35.5. The van der Waals surface area contributed by atoms with Gasteiger partial charge in [-0.1, -0.05) is 29.8 Å². The summed E-state index contributed by atoms with van der Waals surface area (Å²) in [4.78, 5) is 47.6. The van der Waals surface area contributed by atoms with Gasteiger partial charge in [-0.3, -0.25) is 19.6 Å². The van der Waals surface area contributed by atoms with Crippen LogP contribution in [0.2, 0.25) is 5.02 Å². The Labute approximate surface area is 188 Å². The zero-order valence-corrected chi connectivity index (χ0v) is 18.3. The number of amides is 1. The smallest absolute Gasteiger partial charge is 0.327 e. The molecular weight excluding hydrogens is 453 g/mol. The Balaban J connectivity index is 0.00000160. The van der Waals surface area contributed by atoms with E-state index in [1.807, 2.05) is 18.2 Å². The van der Waals surface area contributed by atoms with Crippen LogP contribution in [-0.2, 0) is 0 Å². The Morgan fingerprint density at radius 3 is 2.67 bits per heavy atom. The number of carbonyl (C=O) groups excluding carboxylic acids is 1. The summed E-state index contributed by atoms with van der Waals surface area (Å²) in [6, 6.07) is 8.75. The van der Waals surface area contributed by atoms with Crippen molar-refractivity contribution in [3.05, 3.63) is 73.0 Å². The Bertz CT molecular complexity index is 1190. The van der Waals surface area contributed by atoms with Gasteiger partial charge in [0.1, 0.15) is 11.3 Å². The predicted octanol–water partition coefficient (Wildman–Crippen LogP) is 2.20. The molecule has 1 aliphatic heterocycles. The first-order chi connectivity index (χ1) is 13.5. The van der Waals surface area contributed by atoms with E-state index < -0.39 is 11.2 Å². The van der Waals surface area contributed by atoms with E-state index in [1.165, 1.54) is 0 Å². The summed E-state index contributed by atoms with van der Waals surface area (Å²) in [6.45, 7) is 3.41. The van der Waals surface area contributed by atoms with Crippen LogP contribution in [0.5, 0.6) is 0 Å². The van der Waals surface area contributed by atoms with E-state index in [-0.39, 0.29) is 53.5 Å². The van der Waals surface area contributed by atoms with Crippen LogP contribution < -0.4 is 16.6 Å². The quantitative estimate of drug-likeness (QED) is 0.529. The van der Waals surface area contributed by atoms with E-state index in [4.69, 9.17) is 11.6 Å². The molecule has 1 fully saturated rings. The summed E-state index contributed by atoms with van der Waals surface area (Å²) >= 11 is 6.35. The molecule has 0 aliphatic carbocycles. The average molecular weight is 473 g/mol.